The fourth-order valence-electron chi connectivity index (χ4n) is 4.36. The molecule has 0 aliphatic heterocycles. The third-order valence-corrected chi connectivity index (χ3v) is 6.02. The van der Waals surface area contributed by atoms with Crippen LogP contribution in [0.25, 0.3) is 28.1 Å². The van der Waals surface area contributed by atoms with Crippen molar-refractivity contribution in [2.75, 3.05) is 0 Å². The average molecular weight is 449 g/mol. The van der Waals surface area contributed by atoms with Gasteiger partial charge in [-0.05, 0) is 58.7 Å². The first kappa shape index (κ1) is 21.4. The van der Waals surface area contributed by atoms with Gasteiger partial charge in [0, 0.05) is 11.6 Å². The molecule has 166 valence electrons. The van der Waals surface area contributed by atoms with Crippen molar-refractivity contribution in [2.45, 2.75) is 12.8 Å². The summed E-state index contributed by atoms with van der Waals surface area (Å²) in [5.74, 6) is -1.38. The number of hydrogen-bond acceptors (Lipinski definition) is 3. The van der Waals surface area contributed by atoms with Crippen molar-refractivity contribution in [2.24, 2.45) is 5.92 Å². The second-order valence-corrected chi connectivity index (χ2v) is 8.26. The van der Waals surface area contributed by atoms with Crippen LogP contribution in [-0.2, 0) is 4.79 Å². The lowest BCUT2D eigenvalue weighted by molar-refractivity contribution is -0.131. The van der Waals surface area contributed by atoms with Gasteiger partial charge in [0.25, 0.3) is 0 Å². The number of aliphatic carboxylic acids is 1. The Bertz CT molecular complexity index is 1490. The Morgan fingerprint density at radius 3 is 2.44 bits per heavy atom. The number of carboxylic acid groups (broad SMARTS) is 1. The minimum Gasteiger partial charge on any atom is -0.478 e. The molecule has 1 fully saturated rings. The highest BCUT2D eigenvalue weighted by Gasteiger charge is 2.31. The molecule has 1 aromatic heterocycles. The van der Waals surface area contributed by atoms with E-state index in [4.69, 9.17) is 5.11 Å². The van der Waals surface area contributed by atoms with Gasteiger partial charge < -0.3 is 5.11 Å². The van der Waals surface area contributed by atoms with E-state index in [9.17, 15) is 14.4 Å². The summed E-state index contributed by atoms with van der Waals surface area (Å²) in [6, 6.07) is 23.4. The van der Waals surface area contributed by atoms with Crippen LogP contribution in [0.2, 0.25) is 0 Å². The van der Waals surface area contributed by atoms with Crippen molar-refractivity contribution in [3.63, 3.8) is 0 Å². The molecular formula is C28H20FN3O2. The molecule has 5 rings (SSSR count). The van der Waals surface area contributed by atoms with E-state index in [1.54, 1.807) is 6.07 Å². The number of carboxylic acids is 1. The molecule has 1 aliphatic rings. The van der Waals surface area contributed by atoms with Crippen molar-refractivity contribution in [1.29, 1.82) is 5.26 Å². The molecule has 3 aromatic carbocycles. The van der Waals surface area contributed by atoms with Gasteiger partial charge in [0.15, 0.2) is 0 Å². The minimum atomic E-state index is -1.01. The average Bonchev–Trinajstić information content (AvgIpc) is 3.63. The third-order valence-electron chi connectivity index (χ3n) is 6.02. The Labute approximate surface area is 195 Å². The summed E-state index contributed by atoms with van der Waals surface area (Å²) < 4.78 is 14.6. The minimum absolute atomic E-state index is 0.182. The first-order chi connectivity index (χ1) is 16.6. The summed E-state index contributed by atoms with van der Waals surface area (Å²) in [7, 11) is 0. The Balaban J connectivity index is 1.79. The van der Waals surface area contributed by atoms with Gasteiger partial charge >= 0.3 is 5.97 Å². The van der Waals surface area contributed by atoms with Crippen LogP contribution in [0.5, 0.6) is 0 Å². The highest BCUT2D eigenvalue weighted by molar-refractivity contribution is 6.04. The Morgan fingerprint density at radius 2 is 1.79 bits per heavy atom. The van der Waals surface area contributed by atoms with E-state index in [2.05, 4.69) is 28.4 Å². The SMILES string of the molecule is N#Cc1c(C(=C(c2ccccc2)C2CC2)c2ccc(C=CC(=O)O)cc2)ccc2[nH]nc(F)c12. The molecule has 6 heteroatoms. The number of benzene rings is 3. The summed E-state index contributed by atoms with van der Waals surface area (Å²) in [6.45, 7) is 0. The quantitative estimate of drug-likeness (QED) is 0.277. The lowest BCUT2D eigenvalue weighted by Gasteiger charge is -2.18. The summed E-state index contributed by atoms with van der Waals surface area (Å²) >= 11 is 0. The van der Waals surface area contributed by atoms with Gasteiger partial charge in [-0.3, -0.25) is 5.10 Å². The zero-order valence-electron chi connectivity index (χ0n) is 18.1. The van der Waals surface area contributed by atoms with Gasteiger partial charge in [0.05, 0.1) is 16.5 Å². The molecule has 0 spiro atoms. The number of allylic oxidation sites excluding steroid dienone is 1. The van der Waals surface area contributed by atoms with Crippen molar-refractivity contribution in [3.8, 4) is 6.07 Å². The second kappa shape index (κ2) is 8.80. The molecule has 1 heterocycles. The molecule has 0 bridgehead atoms. The first-order valence-corrected chi connectivity index (χ1v) is 10.9. The molecule has 5 nitrogen and oxygen atoms in total. The van der Waals surface area contributed by atoms with E-state index in [-0.39, 0.29) is 10.9 Å². The van der Waals surface area contributed by atoms with Crippen molar-refractivity contribution >= 4 is 34.1 Å². The number of rotatable bonds is 6. The van der Waals surface area contributed by atoms with Gasteiger partial charge in [0.1, 0.15) is 6.07 Å². The molecule has 1 saturated carbocycles. The summed E-state index contributed by atoms with van der Waals surface area (Å²) in [5, 5.41) is 25.5. The van der Waals surface area contributed by atoms with E-state index >= 15 is 0 Å². The number of aromatic amines is 1. The maximum absolute atomic E-state index is 14.6. The van der Waals surface area contributed by atoms with Crippen LogP contribution in [0.4, 0.5) is 4.39 Å². The lowest BCUT2D eigenvalue weighted by atomic mass is 9.84. The fraction of sp³-hybridized carbons (Fsp3) is 0.107. The van der Waals surface area contributed by atoms with Crippen molar-refractivity contribution < 1.29 is 14.3 Å². The molecular weight excluding hydrogens is 429 g/mol. The van der Waals surface area contributed by atoms with Crippen LogP contribution in [0.3, 0.4) is 0 Å². The van der Waals surface area contributed by atoms with E-state index in [1.165, 1.54) is 6.08 Å². The number of carbonyl (C=O) groups is 1. The predicted molar refractivity (Wildman–Crippen MR) is 129 cm³/mol. The number of fused-ring (bicyclic) bond motifs is 1. The van der Waals surface area contributed by atoms with Gasteiger partial charge in [-0.15, -0.1) is 5.10 Å². The summed E-state index contributed by atoms with van der Waals surface area (Å²) in [5.41, 5.74) is 6.03. The van der Waals surface area contributed by atoms with E-state index in [0.29, 0.717) is 17.0 Å². The number of nitrogens with one attached hydrogen (secondary N) is 1. The number of H-pyrrole nitrogens is 1. The van der Waals surface area contributed by atoms with Crippen LogP contribution in [0.1, 0.15) is 40.7 Å². The maximum Gasteiger partial charge on any atom is 0.328 e. The Hall–Kier alpha value is -4.50. The number of nitriles is 1. The van der Waals surface area contributed by atoms with Gasteiger partial charge in [-0.2, -0.15) is 9.65 Å². The summed E-state index contributed by atoms with van der Waals surface area (Å²) in [4.78, 5) is 10.9. The molecule has 2 N–H and O–H groups in total. The number of halogens is 1. The summed E-state index contributed by atoms with van der Waals surface area (Å²) in [6.07, 6.45) is 4.70. The molecule has 1 aliphatic carbocycles. The molecule has 4 aromatic rings. The van der Waals surface area contributed by atoms with Crippen LogP contribution < -0.4 is 0 Å². The van der Waals surface area contributed by atoms with Crippen LogP contribution in [-0.4, -0.2) is 21.3 Å². The van der Waals surface area contributed by atoms with Gasteiger partial charge in [-0.1, -0.05) is 60.7 Å². The third kappa shape index (κ3) is 4.00. The van der Waals surface area contributed by atoms with Crippen LogP contribution in [0, 0.1) is 23.2 Å². The number of aromatic nitrogens is 2. The highest BCUT2D eigenvalue weighted by Crippen LogP contribution is 2.48. The molecule has 0 atom stereocenters. The zero-order valence-corrected chi connectivity index (χ0v) is 18.1. The zero-order chi connectivity index (χ0) is 23.7. The second-order valence-electron chi connectivity index (χ2n) is 8.26. The smallest absolute Gasteiger partial charge is 0.328 e. The van der Waals surface area contributed by atoms with Crippen molar-refractivity contribution in [3.05, 3.63) is 107 Å². The highest BCUT2D eigenvalue weighted by atomic mass is 19.1. The fourth-order valence-corrected chi connectivity index (χ4v) is 4.36. The monoisotopic (exact) mass is 449 g/mol. The first-order valence-electron chi connectivity index (χ1n) is 10.9. The Kier molecular flexibility index (Phi) is 5.52. The molecule has 34 heavy (non-hydrogen) atoms. The van der Waals surface area contributed by atoms with E-state index in [0.717, 1.165) is 46.8 Å². The van der Waals surface area contributed by atoms with E-state index < -0.39 is 11.9 Å². The molecule has 0 saturated heterocycles. The van der Waals surface area contributed by atoms with E-state index in [1.807, 2.05) is 48.5 Å². The molecule has 0 unspecified atom stereocenters. The van der Waals surface area contributed by atoms with Crippen molar-refractivity contribution in [1.82, 2.24) is 10.2 Å². The lowest BCUT2D eigenvalue weighted by Crippen LogP contribution is -2.00. The van der Waals surface area contributed by atoms with Gasteiger partial charge in [0.2, 0.25) is 5.95 Å². The largest absolute Gasteiger partial charge is 0.478 e. The maximum atomic E-state index is 14.6. The normalized spacial score (nSPS) is 14.2. The Morgan fingerprint density at radius 1 is 1.06 bits per heavy atom. The number of hydrogen-bond donors (Lipinski definition) is 2. The molecule has 0 amide bonds. The van der Waals surface area contributed by atoms with Crippen LogP contribution >= 0.6 is 0 Å². The molecule has 0 radical (unpaired) electrons. The number of nitrogens with zero attached hydrogens (tertiary/aromatic N) is 2. The topological polar surface area (TPSA) is 89.8 Å². The predicted octanol–water partition coefficient (Wildman–Crippen LogP) is 6.04. The standard InChI is InChI=1S/C28H20FN3O2/c29-28-27-22(16-30)21(13-14-23(27)31-32-28)26(20-9-6-17(7-10-20)8-15-24(33)34)25(19-11-12-19)18-4-2-1-3-5-18/h1-10,13-15,19H,11-12H2,(H,31,32)(H,33,34). The van der Waals surface area contributed by atoms with Crippen LogP contribution in [0.15, 0.2) is 72.8 Å². The van der Waals surface area contributed by atoms with Gasteiger partial charge in [-0.25, -0.2) is 4.79 Å².